The third-order valence-electron chi connectivity index (χ3n) is 2.92. The topological polar surface area (TPSA) is 77.2 Å². The summed E-state index contributed by atoms with van der Waals surface area (Å²) in [5, 5.41) is 16.6. The second kappa shape index (κ2) is 4.51. The molecule has 16 heavy (non-hydrogen) atoms. The summed E-state index contributed by atoms with van der Waals surface area (Å²) in [5.41, 5.74) is 0. The highest BCUT2D eigenvalue weighted by Crippen LogP contribution is 2.35. The number of ether oxygens (including phenoxy) is 1. The molecule has 0 spiro atoms. The minimum atomic E-state index is -0.817. The van der Waals surface area contributed by atoms with Crippen LogP contribution in [0.25, 0.3) is 0 Å². The zero-order valence-corrected chi connectivity index (χ0v) is 9.22. The van der Waals surface area contributed by atoms with Crippen LogP contribution in [0.2, 0.25) is 0 Å². The molecule has 0 unspecified atom stereocenters. The van der Waals surface area contributed by atoms with E-state index in [9.17, 15) is 4.79 Å². The Bertz CT molecular complexity index is 385. The van der Waals surface area contributed by atoms with Crippen LogP contribution in [0.1, 0.15) is 37.5 Å². The van der Waals surface area contributed by atoms with Gasteiger partial charge in [0.2, 0.25) is 0 Å². The molecule has 1 aliphatic carbocycles. The monoisotopic (exact) mass is 225 g/mol. The number of aryl methyl sites for hydroxylation is 1. The average molecular weight is 225 g/mol. The molecule has 0 radical (unpaired) electrons. The number of nitrogens with zero attached hydrogens (tertiary/aromatic N) is 3. The van der Waals surface area contributed by atoms with Gasteiger partial charge in [-0.2, -0.15) is 0 Å². The first kappa shape index (κ1) is 10.9. The predicted octanol–water partition coefficient (Wildman–Crippen LogP) is 1.03. The van der Waals surface area contributed by atoms with Crippen molar-refractivity contribution in [2.75, 3.05) is 7.11 Å². The van der Waals surface area contributed by atoms with Crippen LogP contribution >= 0.6 is 0 Å². The minimum Gasteiger partial charge on any atom is -0.481 e. The summed E-state index contributed by atoms with van der Waals surface area (Å²) in [6, 6.07) is 0.874. The number of rotatable bonds is 5. The highest BCUT2D eigenvalue weighted by atomic mass is 16.5. The highest BCUT2D eigenvalue weighted by molar-refractivity contribution is 5.66. The van der Waals surface area contributed by atoms with E-state index in [1.165, 1.54) is 6.42 Å². The number of methoxy groups -OCH3 is 1. The van der Waals surface area contributed by atoms with E-state index in [-0.39, 0.29) is 6.42 Å². The average Bonchev–Trinajstić information content (AvgIpc) is 2.55. The van der Waals surface area contributed by atoms with Gasteiger partial charge in [-0.05, 0) is 19.3 Å². The lowest BCUT2D eigenvalue weighted by atomic mass is 9.93. The Morgan fingerprint density at radius 3 is 2.81 bits per heavy atom. The van der Waals surface area contributed by atoms with Crippen LogP contribution in [-0.4, -0.2) is 33.0 Å². The molecule has 0 atom stereocenters. The van der Waals surface area contributed by atoms with Crippen molar-refractivity contribution >= 4 is 5.97 Å². The van der Waals surface area contributed by atoms with E-state index < -0.39 is 5.97 Å². The third kappa shape index (κ3) is 2.00. The summed E-state index contributed by atoms with van der Waals surface area (Å²) in [7, 11) is 1.56. The van der Waals surface area contributed by atoms with E-state index in [4.69, 9.17) is 9.84 Å². The second-order valence-corrected chi connectivity index (χ2v) is 3.95. The summed E-state index contributed by atoms with van der Waals surface area (Å²) in [5.74, 6) is -0.105. The van der Waals surface area contributed by atoms with Crippen LogP contribution in [0, 0.1) is 0 Å². The fourth-order valence-electron chi connectivity index (χ4n) is 1.85. The third-order valence-corrected chi connectivity index (χ3v) is 2.92. The lowest BCUT2D eigenvalue weighted by Crippen LogP contribution is -2.20. The number of carbonyl (C=O) groups is 1. The maximum Gasteiger partial charge on any atom is 0.316 e. The molecule has 0 amide bonds. The Hall–Kier alpha value is -1.59. The van der Waals surface area contributed by atoms with Crippen molar-refractivity contribution in [1.29, 1.82) is 0 Å². The molecule has 0 bridgehead atoms. The number of aromatic nitrogens is 3. The van der Waals surface area contributed by atoms with Crippen LogP contribution < -0.4 is 4.74 Å². The molecule has 1 N–H and O–H groups in total. The molecule has 1 aromatic heterocycles. The zero-order chi connectivity index (χ0) is 11.5. The molecule has 1 aromatic rings. The van der Waals surface area contributed by atoms with E-state index in [1.807, 2.05) is 4.57 Å². The summed E-state index contributed by atoms with van der Waals surface area (Å²) >= 11 is 0. The van der Waals surface area contributed by atoms with Crippen LogP contribution in [-0.2, 0) is 11.2 Å². The van der Waals surface area contributed by atoms with Crippen molar-refractivity contribution in [2.24, 2.45) is 0 Å². The summed E-state index contributed by atoms with van der Waals surface area (Å²) < 4.78 is 7.07. The van der Waals surface area contributed by atoms with Gasteiger partial charge in [0, 0.05) is 12.5 Å². The van der Waals surface area contributed by atoms with Gasteiger partial charge in [0.15, 0.2) is 0 Å². The molecule has 6 nitrogen and oxygen atoms in total. The van der Waals surface area contributed by atoms with Gasteiger partial charge in [-0.3, -0.25) is 9.36 Å². The van der Waals surface area contributed by atoms with E-state index in [2.05, 4.69) is 10.2 Å². The summed E-state index contributed by atoms with van der Waals surface area (Å²) in [4.78, 5) is 10.5. The van der Waals surface area contributed by atoms with Crippen molar-refractivity contribution in [3.05, 3.63) is 5.82 Å². The van der Waals surface area contributed by atoms with Gasteiger partial charge in [0.25, 0.3) is 0 Å². The van der Waals surface area contributed by atoms with Crippen LogP contribution in [0.15, 0.2) is 0 Å². The standard InChI is InChI=1S/C10H15N3O3/c1-16-10-12-11-8(5-6-9(14)15)13(10)7-3-2-4-7/h7H,2-6H2,1H3,(H,14,15). The van der Waals surface area contributed by atoms with E-state index in [0.29, 0.717) is 24.3 Å². The molecular weight excluding hydrogens is 210 g/mol. The quantitative estimate of drug-likeness (QED) is 0.809. The van der Waals surface area contributed by atoms with Crippen LogP contribution in [0.5, 0.6) is 6.01 Å². The molecule has 1 saturated carbocycles. The van der Waals surface area contributed by atoms with E-state index in [0.717, 1.165) is 12.8 Å². The maximum absolute atomic E-state index is 10.5. The molecule has 0 saturated heterocycles. The Morgan fingerprint density at radius 2 is 2.31 bits per heavy atom. The van der Waals surface area contributed by atoms with Crippen molar-refractivity contribution in [2.45, 2.75) is 38.1 Å². The number of carboxylic acid groups (broad SMARTS) is 1. The van der Waals surface area contributed by atoms with Gasteiger partial charge < -0.3 is 9.84 Å². The lowest BCUT2D eigenvalue weighted by Gasteiger charge is -2.28. The molecule has 1 fully saturated rings. The summed E-state index contributed by atoms with van der Waals surface area (Å²) in [6.45, 7) is 0. The maximum atomic E-state index is 10.5. The molecular formula is C10H15N3O3. The SMILES string of the molecule is COc1nnc(CCC(=O)O)n1C1CCC1. The number of hydrogen-bond acceptors (Lipinski definition) is 4. The van der Waals surface area contributed by atoms with Gasteiger partial charge in [-0.1, -0.05) is 5.10 Å². The number of carboxylic acids is 1. The largest absolute Gasteiger partial charge is 0.481 e. The molecule has 1 aliphatic rings. The lowest BCUT2D eigenvalue weighted by molar-refractivity contribution is -0.137. The van der Waals surface area contributed by atoms with Crippen molar-refractivity contribution in [3.8, 4) is 6.01 Å². The van der Waals surface area contributed by atoms with Crippen molar-refractivity contribution in [1.82, 2.24) is 14.8 Å². The Morgan fingerprint density at radius 1 is 1.56 bits per heavy atom. The highest BCUT2D eigenvalue weighted by Gasteiger charge is 2.26. The Balaban J connectivity index is 2.16. The van der Waals surface area contributed by atoms with Gasteiger partial charge in [0.05, 0.1) is 13.5 Å². The zero-order valence-electron chi connectivity index (χ0n) is 9.22. The molecule has 88 valence electrons. The number of aliphatic carboxylic acids is 1. The van der Waals surface area contributed by atoms with Crippen molar-refractivity contribution in [3.63, 3.8) is 0 Å². The van der Waals surface area contributed by atoms with Crippen molar-refractivity contribution < 1.29 is 14.6 Å². The smallest absolute Gasteiger partial charge is 0.316 e. The molecule has 0 aromatic carbocycles. The number of hydrogen-bond donors (Lipinski definition) is 1. The van der Waals surface area contributed by atoms with Gasteiger partial charge in [-0.15, -0.1) is 5.10 Å². The van der Waals surface area contributed by atoms with Crippen LogP contribution in [0.4, 0.5) is 0 Å². The van der Waals surface area contributed by atoms with Crippen LogP contribution in [0.3, 0.4) is 0 Å². The van der Waals surface area contributed by atoms with E-state index >= 15 is 0 Å². The minimum absolute atomic E-state index is 0.0779. The normalized spacial score (nSPS) is 15.8. The first-order chi connectivity index (χ1) is 7.72. The molecule has 6 heteroatoms. The van der Waals surface area contributed by atoms with E-state index in [1.54, 1.807) is 7.11 Å². The van der Waals surface area contributed by atoms with Gasteiger partial charge >= 0.3 is 12.0 Å². The van der Waals surface area contributed by atoms with Gasteiger partial charge in [0.1, 0.15) is 5.82 Å². The first-order valence-corrected chi connectivity index (χ1v) is 5.42. The first-order valence-electron chi connectivity index (χ1n) is 5.42. The predicted molar refractivity (Wildman–Crippen MR) is 55.4 cm³/mol. The fourth-order valence-corrected chi connectivity index (χ4v) is 1.85. The molecule has 0 aliphatic heterocycles. The van der Waals surface area contributed by atoms with Gasteiger partial charge in [-0.25, -0.2) is 0 Å². The molecule has 2 rings (SSSR count). The molecule has 1 heterocycles. The summed E-state index contributed by atoms with van der Waals surface area (Å²) in [6.07, 6.45) is 3.87. The second-order valence-electron chi connectivity index (χ2n) is 3.95. The Kier molecular flexibility index (Phi) is 3.07. The fraction of sp³-hybridized carbons (Fsp3) is 0.700. The Labute approximate surface area is 93.2 Å².